The third kappa shape index (κ3) is 33.2. The van der Waals surface area contributed by atoms with Crippen LogP contribution in [0.3, 0.4) is 0 Å². The molecule has 0 N–H and O–H groups in total. The van der Waals surface area contributed by atoms with Crippen LogP contribution in [0.15, 0.2) is 48.6 Å². The van der Waals surface area contributed by atoms with E-state index in [9.17, 15) is 9.59 Å². The van der Waals surface area contributed by atoms with Crippen LogP contribution in [0.4, 0.5) is 0 Å². The summed E-state index contributed by atoms with van der Waals surface area (Å²) in [7, 11) is 2.16. The fourth-order valence-corrected chi connectivity index (χ4v) is 7.00. The average Bonchev–Trinajstić information content (AvgIpc) is 3.17. The summed E-state index contributed by atoms with van der Waals surface area (Å²) < 4.78 is 11.2. The highest BCUT2D eigenvalue weighted by Crippen LogP contribution is 2.17. The van der Waals surface area contributed by atoms with Crippen molar-refractivity contribution in [3.63, 3.8) is 0 Å². The van der Waals surface area contributed by atoms with Crippen LogP contribution in [-0.2, 0) is 19.1 Å². The van der Waals surface area contributed by atoms with Gasteiger partial charge in [-0.05, 0) is 110 Å². The number of likely N-dealkylation sites (tertiary alicyclic amines) is 1. The fourth-order valence-electron chi connectivity index (χ4n) is 7.00. The van der Waals surface area contributed by atoms with Crippen molar-refractivity contribution < 1.29 is 19.1 Å². The highest BCUT2D eigenvalue weighted by Gasteiger charge is 2.24. The number of esters is 2. The van der Waals surface area contributed by atoms with Gasteiger partial charge in [0.05, 0.1) is 26.1 Å². The number of allylic oxidation sites excluding steroid dienone is 8. The second-order valence-electron chi connectivity index (χ2n) is 15.7. The molecule has 0 radical (unpaired) electrons. The maximum atomic E-state index is 12.6. The zero-order chi connectivity index (χ0) is 39.0. The number of piperidine rings is 1. The van der Waals surface area contributed by atoms with E-state index in [1.807, 2.05) is 0 Å². The van der Waals surface area contributed by atoms with Crippen LogP contribution in [0.5, 0.6) is 0 Å². The molecule has 1 aliphatic rings. The quantitative estimate of drug-likeness (QED) is 0.0358. The Labute approximate surface area is 334 Å². The molecule has 0 spiro atoms. The average molecular weight is 755 g/mol. The van der Waals surface area contributed by atoms with Crippen LogP contribution < -0.4 is 0 Å². The van der Waals surface area contributed by atoms with Crippen LogP contribution in [0.2, 0.25) is 0 Å². The van der Waals surface area contributed by atoms with Crippen LogP contribution in [0.1, 0.15) is 194 Å². The topological polar surface area (TPSA) is 59.1 Å². The van der Waals surface area contributed by atoms with Crippen molar-refractivity contribution in [1.29, 1.82) is 0 Å². The summed E-state index contributed by atoms with van der Waals surface area (Å²) in [6.07, 6.45) is 50.3. The summed E-state index contributed by atoms with van der Waals surface area (Å²) in [5.41, 5.74) is 0. The second kappa shape index (κ2) is 39.1. The molecule has 0 aromatic heterocycles. The predicted molar refractivity (Wildman–Crippen MR) is 232 cm³/mol. The minimum absolute atomic E-state index is 0.115. The van der Waals surface area contributed by atoms with Gasteiger partial charge in [0.2, 0.25) is 0 Å². The summed E-state index contributed by atoms with van der Waals surface area (Å²) >= 11 is 0. The minimum Gasteiger partial charge on any atom is -0.466 e. The predicted octanol–water partition coefficient (Wildman–Crippen LogP) is 12.9. The lowest BCUT2D eigenvalue weighted by Crippen LogP contribution is -2.45. The third-order valence-corrected chi connectivity index (χ3v) is 10.6. The van der Waals surface area contributed by atoms with Gasteiger partial charge in [0.25, 0.3) is 0 Å². The molecule has 0 aliphatic carbocycles. The number of ether oxygens (including phenoxy) is 2. The zero-order valence-electron chi connectivity index (χ0n) is 35.8. The first-order valence-electron chi connectivity index (χ1n) is 22.9. The number of unbranched alkanes of at least 4 members (excludes halogenated alkanes) is 18. The Hall–Kier alpha value is -2.18. The van der Waals surface area contributed by atoms with Crippen molar-refractivity contribution in [2.45, 2.75) is 200 Å². The molecule has 0 aromatic carbocycles. The Kier molecular flexibility index (Phi) is 36.1. The normalized spacial score (nSPS) is 14.5. The fraction of sp³-hybridized carbons (Fsp3) is 0.792. The van der Waals surface area contributed by atoms with Gasteiger partial charge in [-0.2, -0.15) is 0 Å². The molecule has 0 unspecified atom stereocenters. The highest BCUT2D eigenvalue weighted by molar-refractivity contribution is 5.70. The lowest BCUT2D eigenvalue weighted by atomic mass is 10.0. The molecule has 1 heterocycles. The first-order valence-corrected chi connectivity index (χ1v) is 22.9. The lowest BCUT2D eigenvalue weighted by molar-refractivity contribution is -0.144. The van der Waals surface area contributed by atoms with Crippen molar-refractivity contribution in [2.75, 3.05) is 46.4 Å². The van der Waals surface area contributed by atoms with Gasteiger partial charge in [-0.25, -0.2) is 0 Å². The Bertz CT molecular complexity index is 900. The zero-order valence-corrected chi connectivity index (χ0v) is 35.8. The van der Waals surface area contributed by atoms with E-state index in [1.165, 1.54) is 116 Å². The van der Waals surface area contributed by atoms with Gasteiger partial charge in [0, 0.05) is 19.1 Å². The van der Waals surface area contributed by atoms with Gasteiger partial charge in [-0.3, -0.25) is 14.5 Å². The smallest absolute Gasteiger partial charge is 0.307 e. The van der Waals surface area contributed by atoms with Crippen molar-refractivity contribution in [2.24, 2.45) is 0 Å². The van der Waals surface area contributed by atoms with Crippen molar-refractivity contribution in [3.05, 3.63) is 48.6 Å². The molecule has 6 nitrogen and oxygen atoms in total. The number of carbonyl (C=O) groups is 2. The van der Waals surface area contributed by atoms with Crippen molar-refractivity contribution in [3.8, 4) is 0 Å². The Morgan fingerprint density at radius 3 is 1.26 bits per heavy atom. The van der Waals surface area contributed by atoms with Gasteiger partial charge >= 0.3 is 11.9 Å². The molecule has 0 saturated carbocycles. The van der Waals surface area contributed by atoms with E-state index in [4.69, 9.17) is 9.47 Å². The van der Waals surface area contributed by atoms with E-state index in [2.05, 4.69) is 79.3 Å². The molecule has 1 fully saturated rings. The molecular weight excluding hydrogens is 669 g/mol. The molecule has 1 aliphatic heterocycles. The number of carbonyl (C=O) groups excluding carboxylic acids is 2. The van der Waals surface area contributed by atoms with Crippen LogP contribution in [0.25, 0.3) is 0 Å². The van der Waals surface area contributed by atoms with Crippen LogP contribution in [0, 0.1) is 0 Å². The molecule has 0 atom stereocenters. The van der Waals surface area contributed by atoms with Gasteiger partial charge in [0.15, 0.2) is 0 Å². The van der Waals surface area contributed by atoms with E-state index in [1.54, 1.807) is 0 Å². The van der Waals surface area contributed by atoms with E-state index in [0.29, 0.717) is 45.2 Å². The molecule has 312 valence electrons. The minimum atomic E-state index is -0.115. The van der Waals surface area contributed by atoms with Crippen molar-refractivity contribution >= 4 is 11.9 Å². The second-order valence-corrected chi connectivity index (χ2v) is 15.7. The molecular formula is C48H86N2O4. The van der Waals surface area contributed by atoms with E-state index in [-0.39, 0.29) is 11.9 Å². The van der Waals surface area contributed by atoms with Crippen LogP contribution in [-0.4, -0.2) is 74.2 Å². The molecule has 0 aromatic rings. The summed E-state index contributed by atoms with van der Waals surface area (Å²) in [6, 6.07) is 0.405. The largest absolute Gasteiger partial charge is 0.466 e. The summed E-state index contributed by atoms with van der Waals surface area (Å²) in [5, 5.41) is 0. The molecule has 6 heteroatoms. The Morgan fingerprint density at radius 1 is 0.519 bits per heavy atom. The first kappa shape index (κ1) is 49.8. The van der Waals surface area contributed by atoms with E-state index < -0.39 is 0 Å². The maximum Gasteiger partial charge on any atom is 0.307 e. The van der Waals surface area contributed by atoms with Gasteiger partial charge in [-0.1, -0.05) is 140 Å². The molecule has 1 saturated heterocycles. The number of hydrogen-bond donors (Lipinski definition) is 0. The Morgan fingerprint density at radius 2 is 0.870 bits per heavy atom. The van der Waals surface area contributed by atoms with Gasteiger partial charge in [-0.15, -0.1) is 0 Å². The number of rotatable bonds is 37. The standard InChI is InChI=1S/C48H86N2O4/c1-4-6-8-10-12-14-16-18-20-22-24-26-28-30-32-34-44-53-47(51)38-42-50(46-36-40-49(3)41-37-46)43-39-48(52)54-45-35-33-31-29-27-25-23-21-19-17-15-13-11-9-7-5-2/h12-15,18-21,46H,4-11,16-17,22-45H2,1-3H3/b14-12-,15-13-,20-18-,21-19-. The summed E-state index contributed by atoms with van der Waals surface area (Å²) in [5.74, 6) is -0.231. The van der Waals surface area contributed by atoms with E-state index >= 15 is 0 Å². The maximum absolute atomic E-state index is 12.6. The van der Waals surface area contributed by atoms with E-state index in [0.717, 1.165) is 64.5 Å². The molecule has 0 amide bonds. The SMILES string of the molecule is CCCCC/C=C\C/C=C\CCCCCCCCOC(=O)CCN(CCC(=O)OCCCCCCCC/C=C\C/C=C\CCCCC)C1CCN(C)CC1. The molecule has 54 heavy (non-hydrogen) atoms. The summed E-state index contributed by atoms with van der Waals surface area (Å²) in [4.78, 5) is 29.9. The van der Waals surface area contributed by atoms with Gasteiger partial charge < -0.3 is 14.4 Å². The first-order chi connectivity index (χ1) is 26.6. The molecule has 1 rings (SSSR count). The van der Waals surface area contributed by atoms with Gasteiger partial charge in [0.1, 0.15) is 0 Å². The monoisotopic (exact) mass is 755 g/mol. The number of nitrogens with zero attached hydrogens (tertiary/aromatic N) is 2. The Balaban J connectivity index is 2.10. The number of hydrogen-bond acceptors (Lipinski definition) is 6. The lowest BCUT2D eigenvalue weighted by Gasteiger charge is -2.37. The summed E-state index contributed by atoms with van der Waals surface area (Å²) in [6.45, 7) is 8.94. The molecule has 0 bridgehead atoms. The van der Waals surface area contributed by atoms with Crippen LogP contribution >= 0.6 is 0 Å². The third-order valence-electron chi connectivity index (χ3n) is 10.6. The van der Waals surface area contributed by atoms with Crippen molar-refractivity contribution in [1.82, 2.24) is 9.80 Å². The highest BCUT2D eigenvalue weighted by atomic mass is 16.5.